The first-order valence-electron chi connectivity index (χ1n) is 8.48. The Morgan fingerprint density at radius 3 is 2.35 bits per heavy atom. The zero-order chi connectivity index (χ0) is 15.9. The van der Waals surface area contributed by atoms with E-state index < -0.39 is 0 Å². The van der Waals surface area contributed by atoms with Gasteiger partial charge in [0.05, 0.1) is 0 Å². The van der Waals surface area contributed by atoms with Crippen molar-refractivity contribution in [1.29, 1.82) is 0 Å². The van der Waals surface area contributed by atoms with Crippen LogP contribution in [-0.2, 0) is 4.79 Å². The van der Waals surface area contributed by atoms with Crippen LogP contribution >= 0.6 is 24.0 Å². The highest BCUT2D eigenvalue weighted by molar-refractivity contribution is 14.0. The Labute approximate surface area is 157 Å². The minimum atomic E-state index is 0. The first kappa shape index (κ1) is 20.5. The highest BCUT2D eigenvalue weighted by Gasteiger charge is 2.22. The Balaban J connectivity index is 0.00000264. The quantitative estimate of drug-likeness (QED) is 0.398. The second-order valence-electron chi connectivity index (χ2n) is 6.59. The third-order valence-electron chi connectivity index (χ3n) is 4.80. The molecule has 2 fully saturated rings. The summed E-state index contributed by atoms with van der Waals surface area (Å²) in [4.78, 5) is 22.4. The number of nitrogens with zero attached hydrogens (tertiary/aromatic N) is 4. The van der Waals surface area contributed by atoms with Gasteiger partial charge in [-0.3, -0.25) is 14.7 Å². The SMILES string of the molecule is CN=C(NCC1CCC1)N1CCN(CCC(=O)N(C)C)CC1.I. The summed E-state index contributed by atoms with van der Waals surface area (Å²) >= 11 is 0. The number of amides is 1. The normalized spacial score (nSPS) is 19.8. The Bertz CT molecular complexity index is 390. The Morgan fingerprint density at radius 1 is 1.22 bits per heavy atom. The van der Waals surface area contributed by atoms with Gasteiger partial charge >= 0.3 is 0 Å². The van der Waals surface area contributed by atoms with Crippen molar-refractivity contribution < 1.29 is 4.79 Å². The number of rotatable bonds is 5. The second kappa shape index (κ2) is 10.3. The second-order valence-corrected chi connectivity index (χ2v) is 6.59. The summed E-state index contributed by atoms with van der Waals surface area (Å²) in [7, 11) is 5.50. The Hall–Kier alpha value is -0.570. The van der Waals surface area contributed by atoms with Gasteiger partial charge in [-0.15, -0.1) is 24.0 Å². The van der Waals surface area contributed by atoms with E-state index in [2.05, 4.69) is 20.1 Å². The lowest BCUT2D eigenvalue weighted by Gasteiger charge is -2.37. The molecule has 2 aliphatic rings. The molecule has 0 bridgehead atoms. The summed E-state index contributed by atoms with van der Waals surface area (Å²) in [6.07, 6.45) is 4.71. The van der Waals surface area contributed by atoms with Gasteiger partial charge in [0, 0.05) is 66.8 Å². The van der Waals surface area contributed by atoms with E-state index in [1.165, 1.54) is 19.3 Å². The van der Waals surface area contributed by atoms with Crippen LogP contribution < -0.4 is 5.32 Å². The van der Waals surface area contributed by atoms with Gasteiger partial charge in [-0.05, 0) is 18.8 Å². The molecule has 0 spiro atoms. The van der Waals surface area contributed by atoms with Gasteiger partial charge < -0.3 is 15.1 Å². The van der Waals surface area contributed by atoms with Crippen molar-refractivity contribution in [2.45, 2.75) is 25.7 Å². The summed E-state index contributed by atoms with van der Waals surface area (Å²) in [6.45, 7) is 5.90. The monoisotopic (exact) mass is 437 g/mol. The molecule has 1 aliphatic heterocycles. The highest BCUT2D eigenvalue weighted by atomic mass is 127. The molecule has 0 aromatic carbocycles. The molecule has 1 aliphatic carbocycles. The third kappa shape index (κ3) is 6.45. The fourth-order valence-electron chi connectivity index (χ4n) is 2.93. The maximum atomic E-state index is 11.6. The Morgan fingerprint density at radius 2 is 1.87 bits per heavy atom. The molecule has 6 nitrogen and oxygen atoms in total. The van der Waals surface area contributed by atoms with Crippen LogP contribution in [0, 0.1) is 5.92 Å². The van der Waals surface area contributed by atoms with Crippen LogP contribution in [0.25, 0.3) is 0 Å². The number of hydrogen-bond acceptors (Lipinski definition) is 3. The number of aliphatic imine (C=N–C) groups is 1. The number of carbonyl (C=O) groups is 1. The minimum absolute atomic E-state index is 0. The molecular formula is C16H32IN5O. The molecule has 2 rings (SSSR count). The van der Waals surface area contributed by atoms with Crippen molar-refractivity contribution in [3.8, 4) is 0 Å². The molecule has 1 saturated carbocycles. The molecule has 0 unspecified atom stereocenters. The average Bonchev–Trinajstić information content (AvgIpc) is 2.48. The number of hydrogen-bond donors (Lipinski definition) is 1. The number of carbonyl (C=O) groups excluding carboxylic acids is 1. The van der Waals surface area contributed by atoms with Crippen LogP contribution in [0.2, 0.25) is 0 Å². The van der Waals surface area contributed by atoms with Gasteiger partial charge in [-0.2, -0.15) is 0 Å². The molecule has 23 heavy (non-hydrogen) atoms. The van der Waals surface area contributed by atoms with Crippen molar-refractivity contribution in [3.63, 3.8) is 0 Å². The predicted octanol–water partition coefficient (Wildman–Crippen LogP) is 1.08. The zero-order valence-electron chi connectivity index (χ0n) is 14.8. The average molecular weight is 437 g/mol. The molecule has 1 amide bonds. The van der Waals surface area contributed by atoms with Crippen molar-refractivity contribution >= 4 is 35.8 Å². The lowest BCUT2D eigenvalue weighted by Crippen LogP contribution is -2.53. The summed E-state index contributed by atoms with van der Waals surface area (Å²) in [5, 5.41) is 3.52. The summed E-state index contributed by atoms with van der Waals surface area (Å²) < 4.78 is 0. The molecule has 7 heteroatoms. The van der Waals surface area contributed by atoms with E-state index in [0.29, 0.717) is 6.42 Å². The van der Waals surface area contributed by atoms with Crippen LogP contribution in [-0.4, -0.2) is 87.0 Å². The lowest BCUT2D eigenvalue weighted by molar-refractivity contribution is -0.129. The van der Waals surface area contributed by atoms with Crippen molar-refractivity contribution in [1.82, 2.24) is 20.0 Å². The van der Waals surface area contributed by atoms with Crippen molar-refractivity contribution in [2.24, 2.45) is 10.9 Å². The van der Waals surface area contributed by atoms with Crippen LogP contribution in [0.15, 0.2) is 4.99 Å². The molecule has 0 radical (unpaired) electrons. The van der Waals surface area contributed by atoms with Crippen LogP contribution in [0.4, 0.5) is 0 Å². The van der Waals surface area contributed by atoms with Crippen molar-refractivity contribution in [2.75, 3.05) is 60.4 Å². The van der Waals surface area contributed by atoms with Crippen LogP contribution in [0.3, 0.4) is 0 Å². The Kier molecular flexibility index (Phi) is 9.19. The predicted molar refractivity (Wildman–Crippen MR) is 105 cm³/mol. The van der Waals surface area contributed by atoms with E-state index in [9.17, 15) is 4.79 Å². The van der Waals surface area contributed by atoms with Crippen molar-refractivity contribution in [3.05, 3.63) is 0 Å². The van der Waals surface area contributed by atoms with E-state index in [1.54, 1.807) is 4.90 Å². The molecule has 0 aromatic heterocycles. The van der Waals surface area contributed by atoms with Crippen LogP contribution in [0.1, 0.15) is 25.7 Å². The van der Waals surface area contributed by atoms with E-state index in [4.69, 9.17) is 0 Å². The third-order valence-corrected chi connectivity index (χ3v) is 4.80. The smallest absolute Gasteiger partial charge is 0.223 e. The first-order valence-corrected chi connectivity index (χ1v) is 8.48. The maximum Gasteiger partial charge on any atom is 0.223 e. The van der Waals surface area contributed by atoms with Gasteiger partial charge in [-0.25, -0.2) is 0 Å². The number of nitrogens with one attached hydrogen (secondary N) is 1. The topological polar surface area (TPSA) is 51.2 Å². The van der Waals surface area contributed by atoms with Gasteiger partial charge in [0.2, 0.25) is 5.91 Å². The zero-order valence-corrected chi connectivity index (χ0v) is 17.1. The molecule has 0 atom stereocenters. The van der Waals surface area contributed by atoms with Gasteiger partial charge in [0.1, 0.15) is 0 Å². The lowest BCUT2D eigenvalue weighted by atomic mass is 9.85. The van der Waals surface area contributed by atoms with E-state index >= 15 is 0 Å². The summed E-state index contributed by atoms with van der Waals surface area (Å²) in [6, 6.07) is 0. The van der Waals surface area contributed by atoms with Gasteiger partial charge in [0.25, 0.3) is 0 Å². The van der Waals surface area contributed by atoms with Gasteiger partial charge in [-0.1, -0.05) is 6.42 Å². The molecule has 0 aromatic rings. The largest absolute Gasteiger partial charge is 0.356 e. The first-order chi connectivity index (χ1) is 10.6. The number of piperazine rings is 1. The van der Waals surface area contributed by atoms with E-state index in [1.807, 2.05) is 21.1 Å². The van der Waals surface area contributed by atoms with E-state index in [-0.39, 0.29) is 29.9 Å². The maximum absolute atomic E-state index is 11.6. The molecule has 1 heterocycles. The fourth-order valence-corrected chi connectivity index (χ4v) is 2.93. The molecule has 134 valence electrons. The molecule has 1 N–H and O–H groups in total. The number of guanidine groups is 1. The van der Waals surface area contributed by atoms with E-state index in [0.717, 1.165) is 51.1 Å². The molecule has 1 saturated heterocycles. The van der Waals surface area contributed by atoms with Crippen LogP contribution in [0.5, 0.6) is 0 Å². The summed E-state index contributed by atoms with van der Waals surface area (Å²) in [5.74, 6) is 2.09. The standard InChI is InChI=1S/C16H31N5O.HI/c1-17-16(18-13-14-5-4-6-14)21-11-9-20(10-12-21)8-7-15(22)19(2)3;/h14H,4-13H2,1-3H3,(H,17,18);1H. The van der Waals surface area contributed by atoms with Gasteiger partial charge in [0.15, 0.2) is 5.96 Å². The number of halogens is 1. The fraction of sp³-hybridized carbons (Fsp3) is 0.875. The molecular weight excluding hydrogens is 405 g/mol. The minimum Gasteiger partial charge on any atom is -0.356 e. The highest BCUT2D eigenvalue weighted by Crippen LogP contribution is 2.25. The summed E-state index contributed by atoms with van der Waals surface area (Å²) in [5.41, 5.74) is 0.